The first kappa shape index (κ1) is 19.4. The van der Waals surface area contributed by atoms with Gasteiger partial charge in [-0.25, -0.2) is 4.99 Å². The molecule has 1 amide bonds. The molecule has 0 saturated carbocycles. The fourth-order valence-electron chi connectivity index (χ4n) is 3.77. The molecule has 28 heavy (non-hydrogen) atoms. The van der Waals surface area contributed by atoms with Crippen LogP contribution in [0.25, 0.3) is 0 Å². The van der Waals surface area contributed by atoms with Gasteiger partial charge in [-0.3, -0.25) is 14.5 Å². The lowest BCUT2D eigenvalue weighted by molar-refractivity contribution is -0.125. The molecule has 3 aliphatic rings. The number of ketones is 1. The minimum atomic E-state index is -0.399. The van der Waals surface area contributed by atoms with Crippen LogP contribution < -0.4 is 5.32 Å². The van der Waals surface area contributed by atoms with E-state index in [4.69, 9.17) is 9.15 Å². The highest BCUT2D eigenvalue weighted by molar-refractivity contribution is 8.15. The number of rotatable bonds is 5. The van der Waals surface area contributed by atoms with E-state index >= 15 is 0 Å². The fourth-order valence-corrected chi connectivity index (χ4v) is 4.99. The van der Waals surface area contributed by atoms with Crippen molar-refractivity contribution < 1.29 is 18.7 Å². The van der Waals surface area contributed by atoms with Crippen LogP contribution in [0.3, 0.4) is 0 Å². The Balaban J connectivity index is 1.43. The number of nitrogens with one attached hydrogen (secondary N) is 1. The number of Topliss-reactive ketones (excluding diaryl/α,β-unsaturated/α-hetero) is 1. The number of furan rings is 1. The number of ether oxygens (including phenoxy) is 1. The molecule has 150 valence electrons. The number of carbonyl (C=O) groups is 2. The maximum atomic E-state index is 13.1. The Morgan fingerprint density at radius 3 is 2.86 bits per heavy atom. The zero-order valence-electron chi connectivity index (χ0n) is 15.7. The standard InChI is InChI=1S/C20H25N3O4S/c24-16(13-23-8-2-1-3-9-23)21-20-22-17(15-5-4-10-27-15)19(28-20)18(25)14-6-11-26-12-7-14/h1-2,4-5,10,14,17,19H,3,6-9,11-13H2,(H,21,22,24). The molecule has 4 heterocycles. The van der Waals surface area contributed by atoms with Gasteiger partial charge in [-0.1, -0.05) is 23.9 Å². The summed E-state index contributed by atoms with van der Waals surface area (Å²) in [5.41, 5.74) is 0. The van der Waals surface area contributed by atoms with E-state index in [0.29, 0.717) is 30.7 Å². The lowest BCUT2D eigenvalue weighted by atomic mass is 9.90. The summed E-state index contributed by atoms with van der Waals surface area (Å²) < 4.78 is 10.9. The smallest absolute Gasteiger partial charge is 0.240 e. The highest BCUT2D eigenvalue weighted by atomic mass is 32.2. The van der Waals surface area contributed by atoms with Gasteiger partial charge in [0.25, 0.3) is 0 Å². The number of hydrogen-bond donors (Lipinski definition) is 1. The number of hydrogen-bond acceptors (Lipinski definition) is 7. The second-order valence-electron chi connectivity index (χ2n) is 7.27. The van der Waals surface area contributed by atoms with Crippen molar-refractivity contribution in [2.24, 2.45) is 10.9 Å². The molecule has 1 aromatic heterocycles. The maximum absolute atomic E-state index is 13.1. The second kappa shape index (κ2) is 9.07. The fraction of sp³-hybridized carbons (Fsp3) is 0.550. The van der Waals surface area contributed by atoms with Crippen molar-refractivity contribution in [3.63, 3.8) is 0 Å². The molecule has 0 spiro atoms. The Morgan fingerprint density at radius 2 is 2.14 bits per heavy atom. The molecule has 0 bridgehead atoms. The van der Waals surface area contributed by atoms with Crippen molar-refractivity contribution in [1.82, 2.24) is 10.2 Å². The van der Waals surface area contributed by atoms with Gasteiger partial charge in [-0.2, -0.15) is 0 Å². The van der Waals surface area contributed by atoms with Gasteiger partial charge >= 0.3 is 0 Å². The molecule has 4 rings (SSSR count). The third-order valence-electron chi connectivity index (χ3n) is 5.28. The minimum Gasteiger partial charge on any atom is -0.467 e. The summed E-state index contributed by atoms with van der Waals surface area (Å²) in [6.45, 7) is 3.23. The zero-order valence-corrected chi connectivity index (χ0v) is 16.5. The number of aliphatic imine (C=N–C) groups is 1. The molecule has 1 N–H and O–H groups in total. The summed E-state index contributed by atoms with van der Waals surface area (Å²) in [7, 11) is 0. The largest absolute Gasteiger partial charge is 0.467 e. The minimum absolute atomic E-state index is 0.0194. The number of thioether (sulfide) groups is 1. The molecule has 1 aromatic rings. The van der Waals surface area contributed by atoms with Crippen molar-refractivity contribution in [1.29, 1.82) is 0 Å². The summed E-state index contributed by atoms with van der Waals surface area (Å²) >= 11 is 1.34. The lowest BCUT2D eigenvalue weighted by Crippen LogP contribution is -2.40. The number of carbonyl (C=O) groups excluding carboxylic acids is 2. The van der Waals surface area contributed by atoms with Crippen molar-refractivity contribution in [2.45, 2.75) is 30.6 Å². The van der Waals surface area contributed by atoms with Gasteiger partial charge in [-0.05, 0) is 31.4 Å². The maximum Gasteiger partial charge on any atom is 0.240 e. The predicted octanol–water partition coefficient (Wildman–Crippen LogP) is 2.17. The molecule has 0 aromatic carbocycles. The molecule has 2 unspecified atom stereocenters. The third kappa shape index (κ3) is 4.56. The van der Waals surface area contributed by atoms with E-state index in [-0.39, 0.29) is 22.9 Å². The van der Waals surface area contributed by atoms with E-state index in [2.05, 4.69) is 27.4 Å². The van der Waals surface area contributed by atoms with E-state index in [0.717, 1.165) is 32.4 Å². The van der Waals surface area contributed by atoms with Gasteiger partial charge in [0.05, 0.1) is 12.8 Å². The Labute approximate surface area is 168 Å². The van der Waals surface area contributed by atoms with Crippen LogP contribution in [0.1, 0.15) is 31.1 Å². The number of amides is 1. The second-order valence-corrected chi connectivity index (χ2v) is 8.40. The van der Waals surface area contributed by atoms with Crippen LogP contribution in [0.4, 0.5) is 0 Å². The molecule has 7 nitrogen and oxygen atoms in total. The SMILES string of the molecule is O=C(CN1CC=CCC1)NC1=NC(c2ccco2)C(C(=O)C2CCOCC2)S1. The first-order valence-electron chi connectivity index (χ1n) is 9.77. The molecule has 0 aliphatic carbocycles. The molecule has 3 aliphatic heterocycles. The first-order chi connectivity index (χ1) is 13.7. The Kier molecular flexibility index (Phi) is 6.29. The zero-order chi connectivity index (χ0) is 19.3. The van der Waals surface area contributed by atoms with Crippen LogP contribution in [0.2, 0.25) is 0 Å². The van der Waals surface area contributed by atoms with E-state index in [1.807, 2.05) is 6.07 Å². The molecular formula is C20H25N3O4S. The summed E-state index contributed by atoms with van der Waals surface area (Å²) in [5.74, 6) is 0.709. The van der Waals surface area contributed by atoms with E-state index in [9.17, 15) is 9.59 Å². The predicted molar refractivity (Wildman–Crippen MR) is 107 cm³/mol. The topological polar surface area (TPSA) is 84.1 Å². The first-order valence-corrected chi connectivity index (χ1v) is 10.6. The number of nitrogens with zero attached hydrogens (tertiary/aromatic N) is 2. The van der Waals surface area contributed by atoms with E-state index in [1.54, 1.807) is 12.3 Å². The van der Waals surface area contributed by atoms with Crippen molar-refractivity contribution >= 4 is 28.6 Å². The lowest BCUT2D eigenvalue weighted by Gasteiger charge is -2.24. The van der Waals surface area contributed by atoms with Crippen LogP contribution in [-0.4, -0.2) is 59.9 Å². The van der Waals surface area contributed by atoms with Crippen molar-refractivity contribution in [3.8, 4) is 0 Å². The normalized spacial score (nSPS) is 26.2. The average Bonchev–Trinajstić information content (AvgIpc) is 3.38. The Morgan fingerprint density at radius 1 is 1.29 bits per heavy atom. The van der Waals surface area contributed by atoms with E-state index in [1.165, 1.54) is 11.8 Å². The van der Waals surface area contributed by atoms with Crippen molar-refractivity contribution in [2.75, 3.05) is 32.8 Å². The van der Waals surface area contributed by atoms with Gasteiger partial charge < -0.3 is 14.5 Å². The molecule has 1 fully saturated rings. The van der Waals surface area contributed by atoms with Gasteiger partial charge in [0.15, 0.2) is 11.0 Å². The summed E-state index contributed by atoms with van der Waals surface area (Å²) in [6.07, 6.45) is 8.24. The van der Waals surface area contributed by atoms with Gasteiger partial charge in [-0.15, -0.1) is 0 Å². The third-order valence-corrected chi connectivity index (χ3v) is 6.45. The molecule has 8 heteroatoms. The quantitative estimate of drug-likeness (QED) is 0.759. The van der Waals surface area contributed by atoms with Crippen molar-refractivity contribution in [3.05, 3.63) is 36.3 Å². The van der Waals surface area contributed by atoms with Crippen LogP contribution in [0.5, 0.6) is 0 Å². The summed E-state index contributed by atoms with van der Waals surface area (Å²) in [5, 5.41) is 3.03. The number of amidine groups is 1. The van der Waals surface area contributed by atoms with Gasteiger partial charge in [0.1, 0.15) is 17.1 Å². The summed E-state index contributed by atoms with van der Waals surface area (Å²) in [6, 6.07) is 3.24. The highest BCUT2D eigenvalue weighted by Crippen LogP contribution is 2.40. The molecule has 2 atom stereocenters. The van der Waals surface area contributed by atoms with Crippen LogP contribution >= 0.6 is 11.8 Å². The summed E-state index contributed by atoms with van der Waals surface area (Å²) in [4.78, 5) is 32.3. The van der Waals surface area contributed by atoms with Gasteiger partial charge in [0.2, 0.25) is 5.91 Å². The van der Waals surface area contributed by atoms with Crippen LogP contribution in [-0.2, 0) is 14.3 Å². The molecular weight excluding hydrogens is 378 g/mol. The Hall–Kier alpha value is -1.90. The average molecular weight is 404 g/mol. The highest BCUT2D eigenvalue weighted by Gasteiger charge is 2.41. The van der Waals surface area contributed by atoms with Crippen LogP contribution in [0.15, 0.2) is 40.0 Å². The molecule has 1 saturated heterocycles. The van der Waals surface area contributed by atoms with E-state index < -0.39 is 6.04 Å². The van der Waals surface area contributed by atoms with Crippen LogP contribution in [0, 0.1) is 5.92 Å². The molecule has 0 radical (unpaired) electrons. The van der Waals surface area contributed by atoms with Gasteiger partial charge in [0, 0.05) is 32.2 Å². The Bertz CT molecular complexity index is 756. The monoisotopic (exact) mass is 403 g/mol.